The molecule has 2 aliphatic rings. The Morgan fingerprint density at radius 1 is 1.28 bits per heavy atom. The van der Waals surface area contributed by atoms with E-state index in [1.165, 1.54) is 12.1 Å². The number of nitrogens with one attached hydrogen (secondary N) is 1. The molecular formula is C42H57ClFN7O3. The van der Waals surface area contributed by atoms with Crippen LogP contribution in [0.3, 0.4) is 0 Å². The summed E-state index contributed by atoms with van der Waals surface area (Å²) in [5, 5.41) is 9.36. The quantitative estimate of drug-likeness (QED) is 0.0936. The van der Waals surface area contributed by atoms with E-state index < -0.39 is 5.82 Å². The van der Waals surface area contributed by atoms with Crippen molar-refractivity contribution in [3.63, 3.8) is 0 Å². The Bertz CT molecular complexity index is 1740. The molecule has 3 heterocycles. The van der Waals surface area contributed by atoms with Crippen LogP contribution in [0.25, 0.3) is 0 Å². The van der Waals surface area contributed by atoms with Crippen LogP contribution in [0.5, 0.6) is 11.5 Å². The maximum absolute atomic E-state index is 15.5. The summed E-state index contributed by atoms with van der Waals surface area (Å²) in [6.45, 7) is 17.1. The number of amidine groups is 1. The Labute approximate surface area is 327 Å². The minimum atomic E-state index is -0.534. The summed E-state index contributed by atoms with van der Waals surface area (Å²) in [6.07, 6.45) is 21.7. The zero-order valence-electron chi connectivity index (χ0n) is 33.3. The molecule has 292 valence electrons. The topological polar surface area (TPSA) is 94.9 Å². The number of rotatable bonds is 13. The molecule has 1 aromatic heterocycles. The lowest BCUT2D eigenvalue weighted by molar-refractivity contribution is -0.112. The lowest BCUT2D eigenvalue weighted by Gasteiger charge is -2.25. The Morgan fingerprint density at radius 2 is 2.02 bits per heavy atom. The van der Waals surface area contributed by atoms with Gasteiger partial charge in [-0.05, 0) is 90.6 Å². The lowest BCUT2D eigenvalue weighted by Crippen LogP contribution is -2.30. The van der Waals surface area contributed by atoms with Crippen molar-refractivity contribution in [1.29, 1.82) is 0 Å². The van der Waals surface area contributed by atoms with Gasteiger partial charge in [0.25, 0.3) is 0 Å². The molecule has 1 N–H and O–H groups in total. The summed E-state index contributed by atoms with van der Waals surface area (Å²) >= 11 is 6.57. The van der Waals surface area contributed by atoms with Crippen LogP contribution in [-0.2, 0) is 4.79 Å². The molecule has 0 bridgehead atoms. The number of ether oxygens (including phenoxy) is 2. The van der Waals surface area contributed by atoms with E-state index in [0.717, 1.165) is 56.0 Å². The molecule has 0 saturated carbocycles. The number of halogens is 2. The number of likely N-dealkylation sites (N-methyl/N-ethyl adjacent to an activating group) is 1. The summed E-state index contributed by atoms with van der Waals surface area (Å²) < 4.78 is 27.5. The SMILES string of the molecule is C#CC.C/C=N\N1C=CC(Oc2cc(F)c(NC(=N/C=C/CC)c3nc4c(cc3C)OCC(C)CN4CCCC)cc2Cl)=CC1.CC(=O)/C=C/CN(C)C. The number of fused-ring (bicyclic) bond motifs is 1. The second-order valence-corrected chi connectivity index (χ2v) is 13.3. The number of ketones is 1. The van der Waals surface area contributed by atoms with Gasteiger partial charge in [-0.1, -0.05) is 50.9 Å². The Kier molecular flexibility index (Phi) is 20.4. The minimum absolute atomic E-state index is 0.108. The molecule has 2 aliphatic heterocycles. The van der Waals surface area contributed by atoms with Crippen LogP contribution in [0.15, 0.2) is 76.8 Å². The van der Waals surface area contributed by atoms with Crippen molar-refractivity contribution in [1.82, 2.24) is 14.9 Å². The van der Waals surface area contributed by atoms with Gasteiger partial charge in [0.1, 0.15) is 23.0 Å². The van der Waals surface area contributed by atoms with E-state index in [9.17, 15) is 4.79 Å². The first kappa shape index (κ1) is 45.2. The second kappa shape index (κ2) is 24.4. The van der Waals surface area contributed by atoms with Gasteiger partial charge in [0, 0.05) is 50.2 Å². The van der Waals surface area contributed by atoms with Crippen molar-refractivity contribution in [2.75, 3.05) is 57.1 Å². The van der Waals surface area contributed by atoms with Gasteiger partial charge in [-0.25, -0.2) is 14.4 Å². The summed E-state index contributed by atoms with van der Waals surface area (Å²) in [7, 11) is 3.93. The van der Waals surface area contributed by atoms with E-state index in [2.05, 4.69) is 46.5 Å². The number of hydrogen-bond acceptors (Lipinski definition) is 9. The molecular weight excluding hydrogens is 705 g/mol. The number of unbranched alkanes of at least 4 members (excludes halogenated alkanes) is 1. The van der Waals surface area contributed by atoms with E-state index in [-0.39, 0.29) is 22.2 Å². The number of carbonyl (C=O) groups excluding carboxylic acids is 1. The average Bonchev–Trinajstić information content (AvgIpc) is 3.27. The molecule has 1 atom stereocenters. The van der Waals surface area contributed by atoms with Gasteiger partial charge in [0.2, 0.25) is 0 Å². The number of aliphatic imine (C=N–C) groups is 1. The Morgan fingerprint density at radius 3 is 2.63 bits per heavy atom. The number of nitrogens with zero attached hydrogens (tertiary/aromatic N) is 6. The third kappa shape index (κ3) is 15.6. The zero-order valence-corrected chi connectivity index (χ0v) is 34.1. The number of aromatic nitrogens is 1. The van der Waals surface area contributed by atoms with Crippen molar-refractivity contribution >= 4 is 40.9 Å². The fraction of sp³-hybridized carbons (Fsp3) is 0.429. The van der Waals surface area contributed by atoms with Gasteiger partial charge in [-0.2, -0.15) is 5.10 Å². The molecule has 1 unspecified atom stereocenters. The van der Waals surface area contributed by atoms with E-state index in [1.807, 2.05) is 64.1 Å². The molecule has 0 radical (unpaired) electrons. The first-order chi connectivity index (χ1) is 25.9. The van der Waals surface area contributed by atoms with Crippen molar-refractivity contribution < 1.29 is 18.7 Å². The number of terminal acetylenes is 1. The lowest BCUT2D eigenvalue weighted by atomic mass is 10.1. The van der Waals surface area contributed by atoms with Crippen LogP contribution in [0.2, 0.25) is 5.02 Å². The third-order valence-corrected chi connectivity index (χ3v) is 7.84. The summed E-state index contributed by atoms with van der Waals surface area (Å²) in [5.74, 6) is 4.90. The summed E-state index contributed by atoms with van der Waals surface area (Å²) in [4.78, 5) is 24.3. The van der Waals surface area contributed by atoms with Crippen LogP contribution in [0, 0.1) is 31.0 Å². The number of pyridine rings is 1. The van der Waals surface area contributed by atoms with Gasteiger partial charge >= 0.3 is 0 Å². The Balaban J connectivity index is 0.000000727. The zero-order chi connectivity index (χ0) is 40.0. The van der Waals surface area contributed by atoms with Crippen molar-refractivity contribution in [2.24, 2.45) is 16.0 Å². The van der Waals surface area contributed by atoms with Gasteiger partial charge < -0.3 is 24.6 Å². The highest BCUT2D eigenvalue weighted by atomic mass is 35.5. The number of anilines is 2. The first-order valence-corrected chi connectivity index (χ1v) is 18.6. The highest BCUT2D eigenvalue weighted by Gasteiger charge is 2.25. The molecule has 0 amide bonds. The molecule has 1 aromatic carbocycles. The van der Waals surface area contributed by atoms with E-state index >= 15 is 4.39 Å². The van der Waals surface area contributed by atoms with Crippen LogP contribution in [0.4, 0.5) is 15.9 Å². The number of carbonyl (C=O) groups is 1. The van der Waals surface area contributed by atoms with Crippen LogP contribution in [-0.4, -0.2) is 79.6 Å². The number of benzene rings is 1. The van der Waals surface area contributed by atoms with Crippen molar-refractivity contribution in [3.8, 4) is 23.8 Å². The van der Waals surface area contributed by atoms with Crippen LogP contribution >= 0.6 is 11.6 Å². The monoisotopic (exact) mass is 761 g/mol. The van der Waals surface area contributed by atoms with Gasteiger partial charge in [0.05, 0.1) is 23.9 Å². The van der Waals surface area contributed by atoms with Gasteiger partial charge in [-0.3, -0.25) is 9.80 Å². The normalized spacial score (nSPS) is 15.5. The number of hydrogen-bond donors (Lipinski definition) is 1. The van der Waals surface area contributed by atoms with E-state index in [4.69, 9.17) is 26.1 Å². The average molecular weight is 762 g/mol. The molecule has 4 rings (SSSR count). The summed E-state index contributed by atoms with van der Waals surface area (Å²) in [5.41, 5.74) is 1.64. The molecule has 0 saturated heterocycles. The fourth-order valence-electron chi connectivity index (χ4n) is 5.00. The molecule has 54 heavy (non-hydrogen) atoms. The maximum Gasteiger partial charge on any atom is 0.172 e. The highest BCUT2D eigenvalue weighted by Crippen LogP contribution is 2.35. The molecule has 0 spiro atoms. The minimum Gasteiger partial charge on any atom is -0.489 e. The van der Waals surface area contributed by atoms with Gasteiger partial charge in [0.15, 0.2) is 23.2 Å². The Hall–Kier alpha value is -4.92. The fourth-order valence-corrected chi connectivity index (χ4v) is 5.20. The maximum atomic E-state index is 15.5. The number of allylic oxidation sites excluding steroid dienone is 3. The van der Waals surface area contributed by atoms with Crippen LogP contribution in [0.1, 0.15) is 72.1 Å². The summed E-state index contributed by atoms with van der Waals surface area (Å²) in [6, 6.07) is 4.77. The van der Waals surface area contributed by atoms with Crippen LogP contribution < -0.4 is 19.7 Å². The highest BCUT2D eigenvalue weighted by molar-refractivity contribution is 6.32. The number of hydrazone groups is 1. The largest absolute Gasteiger partial charge is 0.489 e. The van der Waals surface area contributed by atoms with E-state index in [1.54, 1.807) is 49.6 Å². The predicted octanol–water partition coefficient (Wildman–Crippen LogP) is 9.03. The van der Waals surface area contributed by atoms with E-state index in [0.29, 0.717) is 36.4 Å². The molecule has 12 heteroatoms. The molecule has 10 nitrogen and oxygen atoms in total. The standard InChI is InChI=1S/C32H40ClFN6O2.C7H13NO.C3H4/c1-6-9-13-35-31(30-23(5)17-29-32(38-30)39(14-10-7-2)20-22(4)21-41-29)37-27-18-25(33)28(19-26(27)34)42-24-11-15-40(16-12-24)36-8-3;1-7(9)5-4-6-8(2)3;1-3-2/h8-9,11-13,15,17-19,22H,6-7,10,14,16,20-21H2,1-5H3,(H,35,37);4-5H,6H2,1-3H3;1H,2H3/b13-9+,36-8-;5-4+;. The number of aryl methyl sites for hydroxylation is 1. The molecule has 0 fully saturated rings. The predicted molar refractivity (Wildman–Crippen MR) is 223 cm³/mol. The first-order valence-electron chi connectivity index (χ1n) is 18.3. The van der Waals surface area contributed by atoms with Crippen molar-refractivity contribution in [3.05, 3.63) is 88.8 Å². The molecule has 0 aliphatic carbocycles. The smallest absolute Gasteiger partial charge is 0.172 e. The third-order valence-electron chi connectivity index (χ3n) is 7.54. The van der Waals surface area contributed by atoms with Gasteiger partial charge in [-0.15, -0.1) is 12.3 Å². The van der Waals surface area contributed by atoms with Crippen molar-refractivity contribution in [2.45, 2.75) is 67.7 Å². The second-order valence-electron chi connectivity index (χ2n) is 12.9. The molecule has 2 aromatic rings.